The van der Waals surface area contributed by atoms with Crippen molar-refractivity contribution in [1.29, 1.82) is 0 Å². The number of benzene rings is 1. The normalized spacial score (nSPS) is 10.8. The molecule has 0 bridgehead atoms. The van der Waals surface area contributed by atoms with Gasteiger partial charge in [0.1, 0.15) is 5.82 Å². The summed E-state index contributed by atoms with van der Waals surface area (Å²) >= 11 is 0. The van der Waals surface area contributed by atoms with Gasteiger partial charge in [0, 0.05) is 12.2 Å². The van der Waals surface area contributed by atoms with Gasteiger partial charge < -0.3 is 10.6 Å². The Morgan fingerprint density at radius 3 is 2.62 bits per heavy atom. The first-order valence-corrected chi connectivity index (χ1v) is 7.11. The molecule has 1 aromatic carbocycles. The number of fused-ring (bicyclic) bond motifs is 1. The number of nitrogens with one attached hydrogen (secondary N) is 3. The quantitative estimate of drug-likeness (QED) is 0.670. The van der Waals surface area contributed by atoms with Gasteiger partial charge in [-0.1, -0.05) is 19.1 Å². The van der Waals surface area contributed by atoms with Gasteiger partial charge in [0.15, 0.2) is 5.65 Å². The van der Waals surface area contributed by atoms with Crippen molar-refractivity contribution < 1.29 is 0 Å². The van der Waals surface area contributed by atoms with Crippen LogP contribution in [0, 0.1) is 0 Å². The number of H-pyrrole nitrogens is 1. The third kappa shape index (κ3) is 2.79. The van der Waals surface area contributed by atoms with Crippen LogP contribution in [-0.2, 0) is 6.42 Å². The minimum Gasteiger partial charge on any atom is -0.354 e. The number of anilines is 3. The monoisotopic (exact) mass is 282 g/mol. The van der Waals surface area contributed by atoms with E-state index in [0.717, 1.165) is 29.9 Å². The highest BCUT2D eigenvalue weighted by Crippen LogP contribution is 2.24. The minimum absolute atomic E-state index is 0.585. The van der Waals surface area contributed by atoms with Gasteiger partial charge in [-0.15, -0.1) is 0 Å². The zero-order valence-corrected chi connectivity index (χ0v) is 12.1. The maximum atomic E-state index is 4.51. The summed E-state index contributed by atoms with van der Waals surface area (Å²) in [5.74, 6) is 1.33. The van der Waals surface area contributed by atoms with E-state index in [9.17, 15) is 0 Å². The number of rotatable bonds is 5. The Morgan fingerprint density at radius 2 is 1.90 bits per heavy atom. The minimum atomic E-state index is 0.585. The van der Waals surface area contributed by atoms with Crippen LogP contribution in [0.5, 0.6) is 0 Å². The molecule has 0 atom stereocenters. The summed E-state index contributed by atoms with van der Waals surface area (Å²) in [5.41, 5.74) is 3.02. The van der Waals surface area contributed by atoms with Crippen molar-refractivity contribution in [3.8, 4) is 0 Å². The molecular weight excluding hydrogens is 264 g/mol. The number of aromatic amines is 1. The zero-order chi connectivity index (χ0) is 14.7. The van der Waals surface area contributed by atoms with Crippen molar-refractivity contribution in [3.63, 3.8) is 0 Å². The lowest BCUT2D eigenvalue weighted by Crippen LogP contribution is -2.04. The van der Waals surface area contributed by atoms with Crippen LogP contribution in [-0.4, -0.2) is 26.7 Å². The molecule has 0 spiro atoms. The highest BCUT2D eigenvalue weighted by Gasteiger charge is 2.09. The third-order valence-corrected chi connectivity index (χ3v) is 3.27. The van der Waals surface area contributed by atoms with Crippen LogP contribution in [0.1, 0.15) is 19.4 Å². The van der Waals surface area contributed by atoms with E-state index in [0.29, 0.717) is 11.6 Å². The maximum Gasteiger partial charge on any atom is 0.226 e. The topological polar surface area (TPSA) is 78.5 Å². The molecule has 6 nitrogen and oxygen atoms in total. The molecule has 0 saturated carbocycles. The fourth-order valence-corrected chi connectivity index (χ4v) is 2.13. The maximum absolute atomic E-state index is 4.51. The van der Waals surface area contributed by atoms with Crippen molar-refractivity contribution in [3.05, 3.63) is 36.0 Å². The van der Waals surface area contributed by atoms with Crippen molar-refractivity contribution in [2.45, 2.75) is 20.3 Å². The van der Waals surface area contributed by atoms with Gasteiger partial charge in [0.2, 0.25) is 5.95 Å². The molecule has 6 heteroatoms. The summed E-state index contributed by atoms with van der Waals surface area (Å²) in [4.78, 5) is 8.88. The van der Waals surface area contributed by atoms with Gasteiger partial charge in [-0.3, -0.25) is 5.10 Å². The van der Waals surface area contributed by atoms with E-state index in [2.05, 4.69) is 62.0 Å². The molecule has 2 aromatic heterocycles. The third-order valence-electron chi connectivity index (χ3n) is 3.27. The molecule has 3 aromatic rings. The smallest absolute Gasteiger partial charge is 0.226 e. The highest BCUT2D eigenvalue weighted by molar-refractivity contribution is 5.89. The number of aromatic nitrogens is 4. The Hall–Kier alpha value is -2.63. The first-order chi connectivity index (χ1) is 10.3. The van der Waals surface area contributed by atoms with Gasteiger partial charge in [0.05, 0.1) is 11.6 Å². The van der Waals surface area contributed by atoms with E-state index in [-0.39, 0.29) is 0 Å². The van der Waals surface area contributed by atoms with E-state index in [4.69, 9.17) is 0 Å². The molecule has 0 radical (unpaired) electrons. The number of nitrogens with zero attached hydrogens (tertiary/aromatic N) is 3. The summed E-state index contributed by atoms with van der Waals surface area (Å²) in [5, 5.41) is 14.2. The predicted octanol–water partition coefficient (Wildman–Crippen LogP) is 3.09. The number of hydrogen-bond donors (Lipinski definition) is 3. The Bertz CT molecular complexity index is 732. The van der Waals surface area contributed by atoms with Crippen LogP contribution < -0.4 is 10.6 Å². The summed E-state index contributed by atoms with van der Waals surface area (Å²) in [6, 6.07) is 8.34. The molecule has 0 aliphatic carbocycles. The van der Waals surface area contributed by atoms with Crippen LogP contribution >= 0.6 is 0 Å². The summed E-state index contributed by atoms with van der Waals surface area (Å²) < 4.78 is 0. The average Bonchev–Trinajstić information content (AvgIpc) is 2.97. The SMILES string of the molecule is CCNc1nc(Nc2ccc(CC)cc2)c2cn[nH]c2n1. The van der Waals surface area contributed by atoms with E-state index < -0.39 is 0 Å². The van der Waals surface area contributed by atoms with E-state index in [1.807, 2.05) is 6.92 Å². The second kappa shape index (κ2) is 5.78. The van der Waals surface area contributed by atoms with Crippen LogP contribution in [0.3, 0.4) is 0 Å². The summed E-state index contributed by atoms with van der Waals surface area (Å²) in [6.07, 6.45) is 2.76. The van der Waals surface area contributed by atoms with Gasteiger partial charge >= 0.3 is 0 Å². The molecule has 0 saturated heterocycles. The molecule has 21 heavy (non-hydrogen) atoms. The fourth-order valence-electron chi connectivity index (χ4n) is 2.13. The second-order valence-electron chi connectivity index (χ2n) is 4.73. The van der Waals surface area contributed by atoms with E-state index in [1.165, 1.54) is 5.56 Å². The molecule has 0 amide bonds. The van der Waals surface area contributed by atoms with Crippen molar-refractivity contribution in [2.24, 2.45) is 0 Å². The Labute approximate surface area is 123 Å². The molecular formula is C15H18N6. The van der Waals surface area contributed by atoms with Crippen LogP contribution in [0.25, 0.3) is 11.0 Å². The van der Waals surface area contributed by atoms with Crippen molar-refractivity contribution in [2.75, 3.05) is 17.2 Å². The molecule has 0 unspecified atom stereocenters. The highest BCUT2D eigenvalue weighted by atomic mass is 15.2. The van der Waals surface area contributed by atoms with Crippen LogP contribution in [0.2, 0.25) is 0 Å². The van der Waals surface area contributed by atoms with Gasteiger partial charge in [-0.25, -0.2) is 0 Å². The Kier molecular flexibility index (Phi) is 3.68. The second-order valence-corrected chi connectivity index (χ2v) is 4.73. The lowest BCUT2D eigenvalue weighted by atomic mass is 10.1. The Balaban J connectivity index is 1.95. The van der Waals surface area contributed by atoms with Crippen LogP contribution in [0.15, 0.2) is 30.5 Å². The summed E-state index contributed by atoms with van der Waals surface area (Å²) in [7, 11) is 0. The van der Waals surface area contributed by atoms with Gasteiger partial charge in [-0.2, -0.15) is 15.1 Å². The molecule has 108 valence electrons. The van der Waals surface area contributed by atoms with Gasteiger partial charge in [0.25, 0.3) is 0 Å². The standard InChI is InChI=1S/C15H18N6/c1-3-10-5-7-11(8-6-10)18-13-12-9-17-21-14(12)20-15(19-13)16-4-2/h5-9H,3-4H2,1-2H3,(H3,16,17,18,19,20,21). The van der Waals surface area contributed by atoms with Crippen LogP contribution in [0.4, 0.5) is 17.5 Å². The molecule has 3 N–H and O–H groups in total. The van der Waals surface area contributed by atoms with E-state index in [1.54, 1.807) is 6.20 Å². The Morgan fingerprint density at radius 1 is 1.10 bits per heavy atom. The average molecular weight is 282 g/mol. The molecule has 2 heterocycles. The fraction of sp³-hybridized carbons (Fsp3) is 0.267. The predicted molar refractivity (Wildman–Crippen MR) is 85.0 cm³/mol. The first-order valence-electron chi connectivity index (χ1n) is 7.11. The summed E-state index contributed by atoms with van der Waals surface area (Å²) in [6.45, 7) is 4.92. The first kappa shape index (κ1) is 13.4. The number of aryl methyl sites for hydroxylation is 1. The molecule has 0 aliphatic heterocycles. The molecule has 3 rings (SSSR count). The largest absolute Gasteiger partial charge is 0.354 e. The number of hydrogen-bond acceptors (Lipinski definition) is 5. The van der Waals surface area contributed by atoms with Crippen molar-refractivity contribution in [1.82, 2.24) is 20.2 Å². The molecule has 0 fully saturated rings. The van der Waals surface area contributed by atoms with Crippen molar-refractivity contribution >= 4 is 28.5 Å². The lowest BCUT2D eigenvalue weighted by molar-refractivity contribution is 1.07. The lowest BCUT2D eigenvalue weighted by Gasteiger charge is -2.09. The van der Waals surface area contributed by atoms with Gasteiger partial charge in [-0.05, 0) is 31.0 Å². The zero-order valence-electron chi connectivity index (χ0n) is 12.1. The molecule has 0 aliphatic rings. The van der Waals surface area contributed by atoms with E-state index >= 15 is 0 Å².